The van der Waals surface area contributed by atoms with Crippen molar-refractivity contribution in [1.29, 1.82) is 0 Å². The van der Waals surface area contributed by atoms with Crippen molar-refractivity contribution in [2.45, 2.75) is 75.3 Å². The van der Waals surface area contributed by atoms with E-state index in [1.165, 1.54) is 47.4 Å². The van der Waals surface area contributed by atoms with Gasteiger partial charge in [-0.1, -0.05) is 235 Å². The van der Waals surface area contributed by atoms with E-state index >= 15 is 17.6 Å². The number of carbonyl (C=O) groups is 3. The van der Waals surface area contributed by atoms with E-state index in [9.17, 15) is 36.3 Å². The van der Waals surface area contributed by atoms with Crippen molar-refractivity contribution in [3.63, 3.8) is 0 Å². The fourth-order valence-electron chi connectivity index (χ4n) is 13.8. The van der Waals surface area contributed by atoms with E-state index in [4.69, 9.17) is 0 Å². The number of allylic oxidation sites excluding steroid dienone is 1. The van der Waals surface area contributed by atoms with Crippen molar-refractivity contribution in [3.8, 4) is 58.5 Å². The number of benzene rings is 11. The van der Waals surface area contributed by atoms with Gasteiger partial charge in [-0.05, 0) is 202 Å². The number of thioether (sulfide) groups is 3. The number of fused-ring (bicyclic) bond motifs is 6. The second-order valence-electron chi connectivity index (χ2n) is 25.9. The fraction of sp³-hybridized carbons (Fsp3) is 0.144. The van der Waals surface area contributed by atoms with Crippen LogP contribution in [0.25, 0.3) is 33.0 Å². The zero-order chi connectivity index (χ0) is 74.7. The van der Waals surface area contributed by atoms with Gasteiger partial charge in [-0.2, -0.15) is 39.5 Å². The first-order valence-electron chi connectivity index (χ1n) is 33.7. The van der Waals surface area contributed by atoms with E-state index in [0.717, 1.165) is 111 Å². The summed E-state index contributed by atoms with van der Waals surface area (Å²) < 4.78 is 131. The smallest absolute Gasteiger partial charge is 0.288 e. The molecular formula is C90H61F9O3S3Si. The Hall–Kier alpha value is -10.7. The Labute approximate surface area is 622 Å². The first kappa shape index (κ1) is 73.6. The second-order valence-corrected chi connectivity index (χ2v) is 33.2. The van der Waals surface area contributed by atoms with Gasteiger partial charge in [0.2, 0.25) is 0 Å². The number of alkyl halides is 9. The maximum atomic E-state index is 16.0. The summed E-state index contributed by atoms with van der Waals surface area (Å²) in [6.07, 6.45) is -6.60. The number of hydrogen-bond donors (Lipinski definition) is 0. The van der Waals surface area contributed by atoms with Crippen molar-refractivity contribution >= 4 is 101 Å². The van der Waals surface area contributed by atoms with Gasteiger partial charge in [-0.25, -0.2) is 0 Å². The third kappa shape index (κ3) is 15.0. The minimum atomic E-state index is -7.07. The summed E-state index contributed by atoms with van der Waals surface area (Å²) in [4.78, 5) is 35.4. The van der Waals surface area contributed by atoms with Crippen molar-refractivity contribution in [2.24, 2.45) is 5.92 Å². The van der Waals surface area contributed by atoms with E-state index in [0.29, 0.717) is 57.6 Å². The lowest BCUT2D eigenvalue weighted by Gasteiger charge is -2.34. The lowest BCUT2D eigenvalue weighted by Crippen LogP contribution is -2.74. The number of halogens is 9. The van der Waals surface area contributed by atoms with E-state index in [-0.39, 0.29) is 26.6 Å². The monoisotopic (exact) mass is 1480 g/mol. The van der Waals surface area contributed by atoms with Gasteiger partial charge in [0, 0.05) is 88.1 Å². The summed E-state index contributed by atoms with van der Waals surface area (Å²) in [6, 6.07) is 75.6. The van der Waals surface area contributed by atoms with Gasteiger partial charge in [0.15, 0.2) is 23.4 Å². The lowest BCUT2D eigenvalue weighted by molar-refractivity contribution is -0.399. The van der Waals surface area contributed by atoms with Crippen LogP contribution < -0.4 is 20.7 Å². The maximum Gasteiger partial charge on any atom is 0.460 e. The average Bonchev–Trinajstić information content (AvgIpc) is 1.26. The van der Waals surface area contributed by atoms with Crippen LogP contribution in [0.5, 0.6) is 0 Å². The molecule has 2 aliphatic carbocycles. The number of carbonyl (C=O) groups excluding carboxylic acids is 3. The maximum absolute atomic E-state index is 16.0. The van der Waals surface area contributed by atoms with E-state index < -0.39 is 43.0 Å². The van der Waals surface area contributed by atoms with Crippen LogP contribution in [0.15, 0.2) is 243 Å². The van der Waals surface area contributed by atoms with Gasteiger partial charge in [-0.3, -0.25) is 14.4 Å². The summed E-state index contributed by atoms with van der Waals surface area (Å²) in [6.45, 7) is 6.58. The molecule has 3 nitrogen and oxygen atoms in total. The molecule has 16 heteroatoms. The molecule has 0 heterocycles. The van der Waals surface area contributed by atoms with Crippen molar-refractivity contribution < 1.29 is 53.9 Å². The highest BCUT2D eigenvalue weighted by Gasteiger charge is 2.82. The van der Waals surface area contributed by atoms with E-state index in [1.54, 1.807) is 20.8 Å². The van der Waals surface area contributed by atoms with Crippen LogP contribution in [0.2, 0.25) is 0 Å². The Bertz CT molecular complexity index is 5330. The number of rotatable bonds is 13. The van der Waals surface area contributed by atoms with Gasteiger partial charge >= 0.3 is 23.9 Å². The molecule has 11 aromatic rings. The minimum absolute atomic E-state index is 0.00235. The molecule has 0 amide bonds. The Kier molecular flexibility index (Phi) is 21.1. The van der Waals surface area contributed by atoms with E-state index in [1.807, 2.05) is 171 Å². The topological polar surface area (TPSA) is 51.2 Å². The summed E-state index contributed by atoms with van der Waals surface area (Å²) in [7, 11) is -3.39. The number of hydrogen-bond acceptors (Lipinski definition) is 6. The highest BCUT2D eigenvalue weighted by Crippen LogP contribution is 2.59. The average molecular weight is 1490 g/mol. The minimum Gasteiger partial charge on any atom is -0.288 e. The largest absolute Gasteiger partial charge is 0.460 e. The molecule has 0 fully saturated rings. The molecule has 0 spiro atoms. The summed E-state index contributed by atoms with van der Waals surface area (Å²) in [5.74, 6) is 8.33. The van der Waals surface area contributed by atoms with Gasteiger partial charge < -0.3 is 0 Å². The Morgan fingerprint density at radius 3 is 1.15 bits per heavy atom. The van der Waals surface area contributed by atoms with Crippen LogP contribution in [0, 0.1) is 53.3 Å². The normalized spacial score (nSPS) is 13.9. The standard InChI is InChI=1S/C90H61F9O3S3Si/c1-57-49-72-38-48-79-81(19-10-20-83(79)87(91,92)88(93,94)89(95,96)90(97,98)99)85(72)84(57)86-80-18-6-5-17-77(80)78-47-37-68(53-82(78)86)28-24-64-35-45-76(46-36-64)106(73-39-29-61(30-40-73)21-25-65-11-7-14-69(50-65)54-103-58(2)100,74-41-31-62(32-42-74)22-26-66-12-8-15-70(51-66)55-104-59(3)101)75-43-33-63(34-44-75)23-27-67-13-9-16-71(52-67)56-105-60(4)102/h5-20,29-48,50-53,57H,49,54-56H2,1-4H3/b86-84-. The summed E-state index contributed by atoms with van der Waals surface area (Å²) >= 11 is 3.73. The van der Waals surface area contributed by atoms with Crippen molar-refractivity contribution in [2.75, 3.05) is 0 Å². The summed E-state index contributed by atoms with van der Waals surface area (Å²) in [5, 5.41) is 3.65. The first-order chi connectivity index (χ1) is 50.8. The molecule has 0 aliphatic heterocycles. The SMILES string of the molecule is CC(=O)SCc1cccc(C#Cc2ccc([Si](c3ccc(C#Cc4cccc(CSC(C)=O)c4)cc3)(c3ccc(C#Cc4cccc(CSC(C)=O)c4)cc3)c3ccc(C#Cc4ccc5c(c4)/C(=C4\c6c(ccc7c(C(F)(F)C(F)(F)C(F)(F)C(F)(F)F)cccc67)CC4C)c4ccccc4-5)cc3)cc2)c1. The predicted molar refractivity (Wildman–Crippen MR) is 414 cm³/mol. The second kappa shape index (κ2) is 30.4. The molecule has 0 bridgehead atoms. The molecule has 106 heavy (non-hydrogen) atoms. The van der Waals surface area contributed by atoms with Crippen LogP contribution in [0.1, 0.15) is 117 Å². The quantitative estimate of drug-likeness (QED) is 0.0496. The third-order valence-electron chi connectivity index (χ3n) is 18.7. The zero-order valence-corrected chi connectivity index (χ0v) is 60.8. The fourth-order valence-corrected chi connectivity index (χ4v) is 20.1. The molecule has 2 aliphatic rings. The van der Waals surface area contributed by atoms with Crippen LogP contribution in [-0.4, -0.2) is 41.4 Å². The molecule has 0 N–H and O–H groups in total. The molecule has 524 valence electrons. The molecular weight excluding hydrogens is 1420 g/mol. The lowest BCUT2D eigenvalue weighted by atomic mass is 9.86. The molecule has 0 saturated carbocycles. The van der Waals surface area contributed by atoms with Crippen molar-refractivity contribution in [1.82, 2.24) is 0 Å². The van der Waals surface area contributed by atoms with Crippen LogP contribution in [0.3, 0.4) is 0 Å². The Morgan fingerprint density at radius 2 is 0.745 bits per heavy atom. The van der Waals surface area contributed by atoms with Gasteiger partial charge in [0.25, 0.3) is 0 Å². The first-order valence-corrected chi connectivity index (χ1v) is 38.7. The van der Waals surface area contributed by atoms with Crippen LogP contribution in [-0.2, 0) is 44.0 Å². The predicted octanol–water partition coefficient (Wildman–Crippen LogP) is 19.2. The summed E-state index contributed by atoms with van der Waals surface area (Å²) in [5.41, 5.74) is 13.1. The molecule has 0 aromatic heterocycles. The van der Waals surface area contributed by atoms with Gasteiger partial charge in [0.1, 0.15) is 0 Å². The highest BCUT2D eigenvalue weighted by molar-refractivity contribution is 8.13. The molecule has 0 saturated heterocycles. The third-order valence-corrected chi connectivity index (χ3v) is 26.2. The van der Waals surface area contributed by atoms with E-state index in [2.05, 4.69) is 95.9 Å². The van der Waals surface area contributed by atoms with Gasteiger partial charge in [-0.15, -0.1) is 0 Å². The Balaban J connectivity index is 0.912. The molecule has 1 atom stereocenters. The molecule has 1 unspecified atom stereocenters. The van der Waals surface area contributed by atoms with Crippen molar-refractivity contribution in [3.05, 3.63) is 332 Å². The molecule has 11 aromatic carbocycles. The Morgan fingerprint density at radius 1 is 0.377 bits per heavy atom. The molecule has 0 radical (unpaired) electrons. The van der Waals surface area contributed by atoms with Crippen LogP contribution in [0.4, 0.5) is 39.5 Å². The molecule has 13 rings (SSSR count). The van der Waals surface area contributed by atoms with Gasteiger partial charge in [0.05, 0.1) is 0 Å². The van der Waals surface area contributed by atoms with Crippen LogP contribution >= 0.6 is 35.3 Å². The zero-order valence-electron chi connectivity index (χ0n) is 57.4. The highest BCUT2D eigenvalue weighted by atomic mass is 32.2.